The van der Waals surface area contributed by atoms with Gasteiger partial charge in [0.2, 0.25) is 0 Å². The number of Topliss-reactive ketones (excluding diaryl/α,β-unsaturated/α-hetero) is 1. The van der Waals surface area contributed by atoms with Crippen molar-refractivity contribution < 1.29 is 19.8 Å². The van der Waals surface area contributed by atoms with Crippen molar-refractivity contribution in [2.24, 2.45) is 34.5 Å². The first-order valence-corrected chi connectivity index (χ1v) is 10.1. The minimum Gasteiger partial charge on any atom is -0.393 e. The van der Waals surface area contributed by atoms with Crippen LogP contribution in [-0.2, 0) is 9.59 Å². The lowest BCUT2D eigenvalue weighted by molar-refractivity contribution is -0.126. The Bertz CT molecular complexity index is 803. The molecule has 2 saturated carbocycles. The molecule has 2 N–H and O–H groups in total. The Labute approximate surface area is 161 Å². The molecule has 4 nitrogen and oxygen atoms in total. The molecule has 4 aliphatic carbocycles. The largest absolute Gasteiger partial charge is 0.393 e. The predicted octanol–water partition coefficient (Wildman–Crippen LogP) is 3.00. The number of carbonyl (C=O) groups excluding carboxylic acids is 2. The maximum absolute atomic E-state index is 12.3. The molecule has 7 atom stereocenters. The van der Waals surface area contributed by atoms with Gasteiger partial charge in [0, 0.05) is 16.7 Å². The van der Waals surface area contributed by atoms with Crippen LogP contribution < -0.4 is 0 Å². The van der Waals surface area contributed by atoms with Crippen molar-refractivity contribution in [3.8, 4) is 0 Å². The number of aliphatic hydroxyl groups is 2. The summed E-state index contributed by atoms with van der Waals surface area (Å²) in [5.41, 5.74) is 1.93. The van der Waals surface area contributed by atoms with Crippen LogP contribution in [0.1, 0.15) is 47.0 Å². The van der Waals surface area contributed by atoms with E-state index in [9.17, 15) is 19.8 Å². The van der Waals surface area contributed by atoms with Crippen LogP contribution in [0.5, 0.6) is 0 Å². The highest BCUT2D eigenvalue weighted by atomic mass is 16.3. The van der Waals surface area contributed by atoms with Crippen molar-refractivity contribution in [2.45, 2.75) is 53.1 Å². The van der Waals surface area contributed by atoms with Crippen LogP contribution in [0.3, 0.4) is 0 Å². The molecule has 0 radical (unpaired) electrons. The van der Waals surface area contributed by atoms with E-state index in [2.05, 4.69) is 26.8 Å². The molecule has 0 bridgehead atoms. The lowest BCUT2D eigenvalue weighted by atomic mass is 9.45. The fraction of sp³-hybridized carbons (Fsp3) is 0.652. The monoisotopic (exact) mass is 370 g/mol. The second-order valence-electron chi connectivity index (χ2n) is 9.63. The van der Waals surface area contributed by atoms with Crippen molar-refractivity contribution in [1.82, 2.24) is 0 Å². The van der Waals surface area contributed by atoms with Gasteiger partial charge in [0.15, 0.2) is 11.6 Å². The van der Waals surface area contributed by atoms with Crippen LogP contribution in [0.25, 0.3) is 0 Å². The number of carbonyl (C=O) groups is 2. The molecule has 4 heteroatoms. The maximum Gasteiger partial charge on any atom is 0.184 e. The smallest absolute Gasteiger partial charge is 0.184 e. The van der Waals surface area contributed by atoms with Crippen LogP contribution in [0, 0.1) is 34.5 Å². The molecule has 0 aromatic carbocycles. The van der Waals surface area contributed by atoms with E-state index in [4.69, 9.17) is 0 Å². The van der Waals surface area contributed by atoms with E-state index in [1.54, 1.807) is 0 Å². The third-order valence-corrected chi connectivity index (χ3v) is 8.14. The van der Waals surface area contributed by atoms with Gasteiger partial charge in [0.1, 0.15) is 6.61 Å². The SMILES string of the molecule is CC1=C[C@@]2(C)C(=CC1=O)[C@@H](C)C[C@@H]1C2[C@@H](O)C[C@]2(C)C(C(=O)CO)=CCC12. The Kier molecular flexibility index (Phi) is 4.17. The first kappa shape index (κ1) is 18.8. The van der Waals surface area contributed by atoms with Crippen LogP contribution >= 0.6 is 0 Å². The van der Waals surface area contributed by atoms with Crippen molar-refractivity contribution in [1.29, 1.82) is 0 Å². The lowest BCUT2D eigenvalue weighted by Gasteiger charge is -2.60. The Hall–Kier alpha value is -1.52. The molecule has 4 aliphatic rings. The summed E-state index contributed by atoms with van der Waals surface area (Å²) in [5.74, 6) is 0.785. The molecule has 0 aromatic rings. The molecule has 0 spiro atoms. The summed E-state index contributed by atoms with van der Waals surface area (Å²) in [6.07, 6.45) is 7.65. The van der Waals surface area contributed by atoms with Crippen LogP contribution in [0.15, 0.2) is 34.9 Å². The molecule has 2 unspecified atom stereocenters. The standard InChI is InChI=1S/C23H30O4/c1-12-7-14-15-5-6-16(20(27)11-24)22(15,3)10-19(26)21(14)23(4)9-13(2)18(25)8-17(12)23/h6,8-9,12,14-15,19,21,24,26H,5,7,10-11H2,1-4H3/t12-,14-,15?,19-,21?,22-,23-/m0/s1. The molecule has 0 saturated heterocycles. The van der Waals surface area contributed by atoms with Crippen LogP contribution in [-0.4, -0.2) is 34.5 Å². The number of aliphatic hydroxyl groups excluding tert-OH is 2. The summed E-state index contributed by atoms with van der Waals surface area (Å²) in [6, 6.07) is 0. The molecule has 146 valence electrons. The summed E-state index contributed by atoms with van der Waals surface area (Å²) in [5, 5.41) is 20.7. The van der Waals surface area contributed by atoms with Gasteiger partial charge in [0.05, 0.1) is 6.10 Å². The number of fused-ring (bicyclic) bond motifs is 5. The highest BCUT2D eigenvalue weighted by Crippen LogP contribution is 2.65. The summed E-state index contributed by atoms with van der Waals surface area (Å²) in [7, 11) is 0. The Morgan fingerprint density at radius 3 is 2.70 bits per heavy atom. The van der Waals surface area contributed by atoms with Gasteiger partial charge in [-0.25, -0.2) is 0 Å². The molecule has 2 fully saturated rings. The van der Waals surface area contributed by atoms with Crippen molar-refractivity contribution in [3.05, 3.63) is 34.9 Å². The van der Waals surface area contributed by atoms with E-state index in [1.165, 1.54) is 0 Å². The van der Waals surface area contributed by atoms with Gasteiger partial charge in [-0.15, -0.1) is 0 Å². The normalized spacial score (nSPS) is 45.9. The second-order valence-corrected chi connectivity index (χ2v) is 9.63. The lowest BCUT2D eigenvalue weighted by Crippen LogP contribution is -2.57. The number of hydrogen-bond donors (Lipinski definition) is 2. The predicted molar refractivity (Wildman–Crippen MR) is 103 cm³/mol. The zero-order valence-electron chi connectivity index (χ0n) is 16.7. The van der Waals surface area contributed by atoms with Crippen molar-refractivity contribution in [3.63, 3.8) is 0 Å². The van der Waals surface area contributed by atoms with E-state index >= 15 is 0 Å². The van der Waals surface area contributed by atoms with Gasteiger partial charge in [-0.2, -0.15) is 0 Å². The highest BCUT2D eigenvalue weighted by Gasteiger charge is 2.61. The topological polar surface area (TPSA) is 74.6 Å². The van der Waals surface area contributed by atoms with Crippen molar-refractivity contribution in [2.75, 3.05) is 6.61 Å². The summed E-state index contributed by atoms with van der Waals surface area (Å²) in [4.78, 5) is 24.6. The fourth-order valence-corrected chi connectivity index (χ4v) is 7.13. The van der Waals surface area contributed by atoms with Crippen LogP contribution in [0.4, 0.5) is 0 Å². The van der Waals surface area contributed by atoms with E-state index in [1.807, 2.05) is 19.1 Å². The van der Waals surface area contributed by atoms with Gasteiger partial charge < -0.3 is 10.2 Å². The van der Waals surface area contributed by atoms with Crippen molar-refractivity contribution >= 4 is 11.6 Å². The molecule has 0 amide bonds. The van der Waals surface area contributed by atoms with Gasteiger partial charge in [0.25, 0.3) is 0 Å². The molecule has 4 rings (SSSR count). The maximum atomic E-state index is 12.3. The molecule has 27 heavy (non-hydrogen) atoms. The quantitative estimate of drug-likeness (QED) is 0.784. The van der Waals surface area contributed by atoms with Gasteiger partial charge in [-0.05, 0) is 61.2 Å². The first-order valence-electron chi connectivity index (χ1n) is 10.1. The minimum absolute atomic E-state index is 0.0538. The molecule has 0 aromatic heterocycles. The number of allylic oxidation sites excluding steroid dienone is 5. The zero-order chi connectivity index (χ0) is 19.7. The summed E-state index contributed by atoms with van der Waals surface area (Å²) in [6.45, 7) is 7.85. The van der Waals surface area contributed by atoms with E-state index in [0.717, 1.165) is 24.0 Å². The minimum atomic E-state index is -0.539. The third-order valence-electron chi connectivity index (χ3n) is 8.14. The Morgan fingerprint density at radius 1 is 1.33 bits per heavy atom. The summed E-state index contributed by atoms with van der Waals surface area (Å²) >= 11 is 0. The zero-order valence-corrected chi connectivity index (χ0v) is 16.7. The van der Waals surface area contributed by atoms with Gasteiger partial charge in [-0.3, -0.25) is 9.59 Å². The Morgan fingerprint density at radius 2 is 2.04 bits per heavy atom. The molecule has 0 heterocycles. The van der Waals surface area contributed by atoms with Gasteiger partial charge >= 0.3 is 0 Å². The molecule has 0 aliphatic heterocycles. The van der Waals surface area contributed by atoms with E-state index < -0.39 is 12.7 Å². The van der Waals surface area contributed by atoms with Gasteiger partial charge in [-0.1, -0.05) is 38.5 Å². The number of rotatable bonds is 2. The third kappa shape index (κ3) is 2.42. The Balaban J connectivity index is 1.78. The average molecular weight is 370 g/mol. The average Bonchev–Trinajstić information content (AvgIpc) is 2.93. The number of ketones is 2. The van der Waals surface area contributed by atoms with E-state index in [-0.39, 0.29) is 40.2 Å². The van der Waals surface area contributed by atoms with Crippen LogP contribution in [0.2, 0.25) is 0 Å². The second kappa shape index (κ2) is 5.99. The van der Waals surface area contributed by atoms with E-state index in [0.29, 0.717) is 17.9 Å². The highest BCUT2D eigenvalue weighted by molar-refractivity contribution is 6.05. The molecular formula is C23H30O4. The first-order chi connectivity index (χ1) is 12.6. The fourth-order valence-electron chi connectivity index (χ4n) is 7.13. The number of hydrogen-bond acceptors (Lipinski definition) is 4. The summed E-state index contributed by atoms with van der Waals surface area (Å²) < 4.78 is 0. The molecular weight excluding hydrogens is 340 g/mol.